The summed E-state index contributed by atoms with van der Waals surface area (Å²) in [6, 6.07) is 3.93. The predicted octanol–water partition coefficient (Wildman–Crippen LogP) is 2.15. The molecule has 0 unspecified atom stereocenters. The zero-order chi connectivity index (χ0) is 8.39. The fraction of sp³-hybridized carbons (Fsp3) is 0.125. The van der Waals surface area contributed by atoms with Crippen molar-refractivity contribution < 1.29 is 4.74 Å². The number of nitrogens with one attached hydrogen (secondary N) is 1. The number of nitrogens with zero attached hydrogens (tertiary/aromatic N) is 1. The van der Waals surface area contributed by atoms with Crippen molar-refractivity contribution in [3.8, 4) is 16.6 Å². The maximum atomic E-state index is 4.99. The molecule has 0 aliphatic carbocycles. The number of methoxy groups -OCH3 is 1. The van der Waals surface area contributed by atoms with Crippen molar-refractivity contribution in [3.05, 3.63) is 23.7 Å². The molecule has 2 heterocycles. The highest BCUT2D eigenvalue weighted by Gasteiger charge is 2.03. The minimum absolute atomic E-state index is 0.694. The Hall–Kier alpha value is -1.29. The van der Waals surface area contributed by atoms with Gasteiger partial charge in [0.05, 0.1) is 12.8 Å². The quantitative estimate of drug-likeness (QED) is 0.768. The van der Waals surface area contributed by atoms with Crippen LogP contribution in [0.2, 0.25) is 0 Å². The SMILES string of the molecule is COc1nc(-c2ccc[nH]2)cs1. The average Bonchev–Trinajstić information content (AvgIpc) is 2.75. The Morgan fingerprint density at radius 2 is 2.50 bits per heavy atom. The van der Waals surface area contributed by atoms with Gasteiger partial charge < -0.3 is 9.72 Å². The molecule has 2 aromatic heterocycles. The van der Waals surface area contributed by atoms with Gasteiger partial charge in [0.1, 0.15) is 5.69 Å². The van der Waals surface area contributed by atoms with E-state index in [-0.39, 0.29) is 0 Å². The largest absolute Gasteiger partial charge is 0.473 e. The number of hydrogen-bond donors (Lipinski definition) is 1. The zero-order valence-corrected chi connectivity index (χ0v) is 7.39. The second-order valence-electron chi connectivity index (χ2n) is 2.29. The Kier molecular flexibility index (Phi) is 1.83. The third-order valence-corrected chi connectivity index (χ3v) is 2.33. The van der Waals surface area contributed by atoms with E-state index in [1.54, 1.807) is 7.11 Å². The van der Waals surface area contributed by atoms with Gasteiger partial charge in [-0.1, -0.05) is 11.3 Å². The molecular weight excluding hydrogens is 172 g/mol. The van der Waals surface area contributed by atoms with Crippen molar-refractivity contribution in [2.75, 3.05) is 7.11 Å². The average molecular weight is 180 g/mol. The molecule has 1 N–H and O–H groups in total. The van der Waals surface area contributed by atoms with Crippen LogP contribution in [0.15, 0.2) is 23.7 Å². The first-order chi connectivity index (χ1) is 5.90. The van der Waals surface area contributed by atoms with Crippen LogP contribution in [0, 0.1) is 0 Å². The Bertz CT molecular complexity index is 353. The standard InChI is InChI=1S/C8H8N2OS/c1-11-8-10-7(5-12-8)6-3-2-4-9-6/h2-5,9H,1H3. The highest BCUT2D eigenvalue weighted by atomic mass is 32.1. The molecule has 0 saturated carbocycles. The number of aromatic nitrogens is 2. The van der Waals surface area contributed by atoms with Gasteiger partial charge in [0.25, 0.3) is 5.19 Å². The minimum atomic E-state index is 0.694. The molecule has 62 valence electrons. The van der Waals surface area contributed by atoms with E-state index >= 15 is 0 Å². The van der Waals surface area contributed by atoms with E-state index in [0.717, 1.165) is 11.4 Å². The summed E-state index contributed by atoms with van der Waals surface area (Å²) in [5.41, 5.74) is 1.96. The van der Waals surface area contributed by atoms with Crippen molar-refractivity contribution in [2.45, 2.75) is 0 Å². The van der Waals surface area contributed by atoms with Gasteiger partial charge in [0.15, 0.2) is 0 Å². The maximum Gasteiger partial charge on any atom is 0.273 e. The van der Waals surface area contributed by atoms with Crippen molar-refractivity contribution in [3.63, 3.8) is 0 Å². The van der Waals surface area contributed by atoms with E-state index in [2.05, 4.69) is 9.97 Å². The molecule has 0 fully saturated rings. The fourth-order valence-corrected chi connectivity index (χ4v) is 1.60. The summed E-state index contributed by atoms with van der Waals surface area (Å²) in [5, 5.41) is 2.66. The summed E-state index contributed by atoms with van der Waals surface area (Å²) in [7, 11) is 1.62. The van der Waals surface area contributed by atoms with Gasteiger partial charge in [0, 0.05) is 11.6 Å². The summed E-state index contributed by atoms with van der Waals surface area (Å²) in [6.45, 7) is 0. The number of ether oxygens (including phenoxy) is 1. The van der Waals surface area contributed by atoms with Crippen molar-refractivity contribution in [1.29, 1.82) is 0 Å². The lowest BCUT2D eigenvalue weighted by Crippen LogP contribution is -1.81. The van der Waals surface area contributed by atoms with Crippen LogP contribution in [-0.4, -0.2) is 17.1 Å². The van der Waals surface area contributed by atoms with Crippen molar-refractivity contribution >= 4 is 11.3 Å². The molecule has 0 aliphatic rings. The minimum Gasteiger partial charge on any atom is -0.473 e. The van der Waals surface area contributed by atoms with Crippen LogP contribution in [0.1, 0.15) is 0 Å². The highest BCUT2D eigenvalue weighted by Crippen LogP contribution is 2.24. The van der Waals surface area contributed by atoms with Crippen molar-refractivity contribution in [2.24, 2.45) is 0 Å². The molecule has 0 bridgehead atoms. The van der Waals surface area contributed by atoms with Crippen LogP contribution in [0.25, 0.3) is 11.4 Å². The van der Waals surface area contributed by atoms with E-state index in [1.807, 2.05) is 23.7 Å². The molecule has 0 aromatic carbocycles. The number of hydrogen-bond acceptors (Lipinski definition) is 3. The van der Waals surface area contributed by atoms with E-state index in [4.69, 9.17) is 4.74 Å². The number of rotatable bonds is 2. The maximum absolute atomic E-state index is 4.99. The van der Waals surface area contributed by atoms with Gasteiger partial charge in [-0.25, -0.2) is 4.98 Å². The third-order valence-electron chi connectivity index (χ3n) is 1.53. The molecular formula is C8H8N2OS. The monoisotopic (exact) mass is 180 g/mol. The Balaban J connectivity index is 2.35. The topological polar surface area (TPSA) is 37.9 Å². The Morgan fingerprint density at radius 3 is 3.08 bits per heavy atom. The van der Waals surface area contributed by atoms with Crippen molar-refractivity contribution in [1.82, 2.24) is 9.97 Å². The van der Waals surface area contributed by atoms with E-state index < -0.39 is 0 Å². The first-order valence-electron chi connectivity index (χ1n) is 3.53. The lowest BCUT2D eigenvalue weighted by molar-refractivity contribution is 0.412. The summed E-state index contributed by atoms with van der Waals surface area (Å²) < 4.78 is 4.99. The number of aromatic amines is 1. The number of H-pyrrole nitrogens is 1. The van der Waals surface area contributed by atoms with Gasteiger partial charge in [-0.3, -0.25) is 0 Å². The summed E-state index contributed by atoms with van der Waals surface area (Å²) >= 11 is 1.49. The molecule has 2 aromatic rings. The molecule has 0 spiro atoms. The molecule has 0 amide bonds. The van der Waals surface area contributed by atoms with E-state index in [9.17, 15) is 0 Å². The lowest BCUT2D eigenvalue weighted by Gasteiger charge is -1.89. The molecule has 0 saturated heterocycles. The van der Waals surface area contributed by atoms with Crippen LogP contribution in [-0.2, 0) is 0 Å². The van der Waals surface area contributed by atoms with Crippen LogP contribution < -0.4 is 4.74 Å². The summed E-state index contributed by atoms with van der Waals surface area (Å²) in [6.07, 6.45) is 1.88. The first kappa shape index (κ1) is 7.36. The summed E-state index contributed by atoms with van der Waals surface area (Å²) in [4.78, 5) is 7.32. The van der Waals surface area contributed by atoms with Crippen LogP contribution in [0.4, 0.5) is 0 Å². The van der Waals surface area contributed by atoms with E-state index in [0.29, 0.717) is 5.19 Å². The molecule has 4 heteroatoms. The Labute approximate surface area is 74.0 Å². The smallest absolute Gasteiger partial charge is 0.273 e. The molecule has 0 atom stereocenters. The van der Waals surface area contributed by atoms with Gasteiger partial charge in [-0.15, -0.1) is 0 Å². The first-order valence-corrected chi connectivity index (χ1v) is 4.41. The van der Waals surface area contributed by atoms with Gasteiger partial charge in [-0.05, 0) is 12.1 Å². The van der Waals surface area contributed by atoms with Crippen LogP contribution >= 0.6 is 11.3 Å². The Morgan fingerprint density at radius 1 is 1.58 bits per heavy atom. The molecule has 12 heavy (non-hydrogen) atoms. The lowest BCUT2D eigenvalue weighted by atomic mass is 10.3. The highest BCUT2D eigenvalue weighted by molar-refractivity contribution is 7.11. The third kappa shape index (κ3) is 1.21. The molecule has 3 nitrogen and oxygen atoms in total. The molecule has 0 radical (unpaired) electrons. The molecule has 2 rings (SSSR count). The second-order valence-corrected chi connectivity index (χ2v) is 3.11. The van der Waals surface area contributed by atoms with Gasteiger partial charge >= 0.3 is 0 Å². The van der Waals surface area contributed by atoms with E-state index in [1.165, 1.54) is 11.3 Å². The van der Waals surface area contributed by atoms with Gasteiger partial charge in [-0.2, -0.15) is 0 Å². The molecule has 0 aliphatic heterocycles. The fourth-order valence-electron chi connectivity index (χ4n) is 0.964. The number of thiazole rings is 1. The van der Waals surface area contributed by atoms with Crippen LogP contribution in [0.5, 0.6) is 5.19 Å². The second kappa shape index (κ2) is 2.98. The predicted molar refractivity (Wildman–Crippen MR) is 48.5 cm³/mol. The summed E-state index contributed by atoms with van der Waals surface area (Å²) in [5.74, 6) is 0. The van der Waals surface area contributed by atoms with Gasteiger partial charge in [0.2, 0.25) is 0 Å². The normalized spacial score (nSPS) is 10.1. The zero-order valence-electron chi connectivity index (χ0n) is 6.57. The van der Waals surface area contributed by atoms with Crippen LogP contribution in [0.3, 0.4) is 0 Å².